The zero-order chi connectivity index (χ0) is 15.9. The van der Waals surface area contributed by atoms with Crippen LogP contribution in [0.2, 0.25) is 0 Å². The minimum atomic E-state index is -0.234. The van der Waals surface area contributed by atoms with Gasteiger partial charge in [0.05, 0.1) is 10.4 Å². The fourth-order valence-corrected chi connectivity index (χ4v) is 4.63. The summed E-state index contributed by atoms with van der Waals surface area (Å²) in [6, 6.07) is 10.3. The number of carbonyl (C=O) groups is 1. The summed E-state index contributed by atoms with van der Waals surface area (Å²) in [7, 11) is 0. The van der Waals surface area contributed by atoms with Gasteiger partial charge in [-0.05, 0) is 38.2 Å². The number of hydrogen-bond donors (Lipinski definition) is 0. The number of thiazole rings is 1. The molecule has 0 radical (unpaired) electrons. The van der Waals surface area contributed by atoms with Gasteiger partial charge in [0, 0.05) is 30.1 Å². The highest BCUT2D eigenvalue weighted by Gasteiger charge is 2.53. The van der Waals surface area contributed by atoms with Crippen LogP contribution in [0.15, 0.2) is 36.5 Å². The van der Waals surface area contributed by atoms with Crippen LogP contribution in [0.3, 0.4) is 0 Å². The molecule has 1 aliphatic heterocycles. The van der Waals surface area contributed by atoms with Crippen LogP contribution in [-0.4, -0.2) is 28.9 Å². The molecule has 2 fully saturated rings. The lowest BCUT2D eigenvalue weighted by atomic mass is 9.91. The number of nitrogens with zero attached hydrogens (tertiary/aromatic N) is 2. The van der Waals surface area contributed by atoms with Crippen molar-refractivity contribution in [2.24, 2.45) is 0 Å². The van der Waals surface area contributed by atoms with Gasteiger partial charge in [0.25, 0.3) is 0 Å². The summed E-state index contributed by atoms with van der Waals surface area (Å²) in [5, 5.41) is 1.20. The predicted octanol–water partition coefficient (Wildman–Crippen LogP) is 3.89. The molecule has 1 saturated heterocycles. The van der Waals surface area contributed by atoms with Crippen LogP contribution in [0.5, 0.6) is 0 Å². The molecule has 0 unspecified atom stereocenters. The highest BCUT2D eigenvalue weighted by atomic mass is 32.1. The molecule has 1 atom stereocenters. The molecular weight excluding hydrogens is 304 g/mol. The monoisotopic (exact) mass is 326 g/mol. The molecule has 1 amide bonds. The summed E-state index contributed by atoms with van der Waals surface area (Å²) >= 11 is 1.78. The summed E-state index contributed by atoms with van der Waals surface area (Å²) in [5.41, 5.74) is 0.958. The van der Waals surface area contributed by atoms with Crippen LogP contribution in [0, 0.1) is 6.92 Å². The highest BCUT2D eigenvalue weighted by Crippen LogP contribution is 2.50. The number of benzene rings is 1. The van der Waals surface area contributed by atoms with E-state index in [9.17, 15) is 4.79 Å². The van der Waals surface area contributed by atoms with Crippen molar-refractivity contribution in [3.63, 3.8) is 0 Å². The molecule has 2 aliphatic rings. The van der Waals surface area contributed by atoms with Crippen LogP contribution in [0.4, 0.5) is 0 Å². The number of rotatable bonds is 3. The molecule has 2 aromatic rings. The lowest BCUT2D eigenvalue weighted by Crippen LogP contribution is -2.44. The number of likely N-dealkylation sites (tertiary alicyclic amines) is 1. The number of carbonyl (C=O) groups excluding carboxylic acids is 1. The molecule has 1 aliphatic carbocycles. The molecule has 1 saturated carbocycles. The first-order valence-corrected chi connectivity index (χ1v) is 9.28. The van der Waals surface area contributed by atoms with E-state index in [-0.39, 0.29) is 5.41 Å². The van der Waals surface area contributed by atoms with E-state index in [0.29, 0.717) is 11.8 Å². The van der Waals surface area contributed by atoms with E-state index >= 15 is 0 Å². The molecular formula is C19H22N2OS. The molecule has 120 valence electrons. The average molecular weight is 326 g/mol. The van der Waals surface area contributed by atoms with Gasteiger partial charge in [-0.2, -0.15) is 0 Å². The Bertz CT molecular complexity index is 705. The molecule has 0 spiro atoms. The van der Waals surface area contributed by atoms with Crippen LogP contribution in [-0.2, 0) is 10.2 Å². The van der Waals surface area contributed by atoms with Crippen molar-refractivity contribution >= 4 is 17.2 Å². The maximum atomic E-state index is 13.2. The van der Waals surface area contributed by atoms with E-state index in [1.54, 1.807) is 11.3 Å². The number of aryl methyl sites for hydroxylation is 1. The lowest BCUT2D eigenvalue weighted by molar-refractivity contribution is -0.135. The second-order valence-corrected chi connectivity index (χ2v) is 8.11. The Morgan fingerprint density at radius 2 is 2.09 bits per heavy atom. The largest absolute Gasteiger partial charge is 0.341 e. The quantitative estimate of drug-likeness (QED) is 0.857. The Balaban J connectivity index is 1.53. The van der Waals surface area contributed by atoms with Crippen molar-refractivity contribution < 1.29 is 4.79 Å². The van der Waals surface area contributed by atoms with Gasteiger partial charge in [0.15, 0.2) is 0 Å². The fourth-order valence-electron chi connectivity index (χ4n) is 3.73. The topological polar surface area (TPSA) is 33.2 Å². The van der Waals surface area contributed by atoms with E-state index in [1.165, 1.54) is 15.4 Å². The molecule has 1 aromatic carbocycles. The summed E-state index contributed by atoms with van der Waals surface area (Å²) in [6.45, 7) is 3.83. The molecule has 3 nitrogen and oxygen atoms in total. The van der Waals surface area contributed by atoms with Crippen LogP contribution >= 0.6 is 11.3 Å². The molecule has 4 heteroatoms. The zero-order valence-corrected chi connectivity index (χ0v) is 14.3. The first-order chi connectivity index (χ1) is 11.2. The highest BCUT2D eigenvalue weighted by molar-refractivity contribution is 7.11. The van der Waals surface area contributed by atoms with Crippen molar-refractivity contribution in [1.29, 1.82) is 0 Å². The van der Waals surface area contributed by atoms with E-state index in [4.69, 9.17) is 0 Å². The molecule has 1 aromatic heterocycles. The zero-order valence-electron chi connectivity index (χ0n) is 13.5. The predicted molar refractivity (Wildman–Crippen MR) is 92.8 cm³/mol. The number of amides is 1. The van der Waals surface area contributed by atoms with Gasteiger partial charge in [0.1, 0.15) is 0 Å². The second-order valence-electron chi connectivity index (χ2n) is 6.85. The second kappa shape index (κ2) is 5.75. The van der Waals surface area contributed by atoms with Gasteiger partial charge in [-0.1, -0.05) is 30.3 Å². The average Bonchev–Trinajstić information content (AvgIpc) is 3.30. The van der Waals surface area contributed by atoms with Crippen LogP contribution in [0.1, 0.15) is 47.0 Å². The first-order valence-electron chi connectivity index (χ1n) is 8.46. The Labute approximate surface area is 141 Å². The summed E-state index contributed by atoms with van der Waals surface area (Å²) in [4.78, 5) is 21.1. The van der Waals surface area contributed by atoms with Crippen molar-refractivity contribution in [3.8, 4) is 0 Å². The molecule has 0 N–H and O–H groups in total. The molecule has 23 heavy (non-hydrogen) atoms. The minimum Gasteiger partial charge on any atom is -0.341 e. The molecule has 4 rings (SSSR count). The third-order valence-corrected chi connectivity index (χ3v) is 6.26. The van der Waals surface area contributed by atoms with Gasteiger partial charge in [0.2, 0.25) is 5.91 Å². The Morgan fingerprint density at radius 1 is 1.30 bits per heavy atom. The van der Waals surface area contributed by atoms with Gasteiger partial charge in [-0.25, -0.2) is 4.98 Å². The third kappa shape index (κ3) is 2.69. The van der Waals surface area contributed by atoms with E-state index in [1.807, 2.05) is 24.4 Å². The number of aromatic nitrogens is 1. The van der Waals surface area contributed by atoms with Crippen molar-refractivity contribution in [3.05, 3.63) is 52.0 Å². The van der Waals surface area contributed by atoms with Gasteiger partial charge >= 0.3 is 0 Å². The molecule has 0 bridgehead atoms. The maximum absolute atomic E-state index is 13.2. The van der Waals surface area contributed by atoms with Crippen molar-refractivity contribution in [2.45, 2.75) is 43.9 Å². The van der Waals surface area contributed by atoms with Crippen LogP contribution in [0.25, 0.3) is 0 Å². The Kier molecular flexibility index (Phi) is 3.72. The van der Waals surface area contributed by atoms with Gasteiger partial charge in [-0.3, -0.25) is 4.79 Å². The molecule has 2 heterocycles. The Hall–Kier alpha value is -1.68. The van der Waals surface area contributed by atoms with Crippen LogP contribution < -0.4 is 0 Å². The Morgan fingerprint density at radius 3 is 2.74 bits per heavy atom. The van der Waals surface area contributed by atoms with Gasteiger partial charge in [-0.15, -0.1) is 11.3 Å². The van der Waals surface area contributed by atoms with E-state index in [2.05, 4.69) is 28.9 Å². The van der Waals surface area contributed by atoms with E-state index in [0.717, 1.165) is 38.8 Å². The standard InChI is InChI=1S/C19H22N2OS/c1-14-12-20-17(23-14)15-6-5-11-21(13-15)18(22)19(9-10-19)16-7-3-2-4-8-16/h2-4,7-8,12,15H,5-6,9-11,13H2,1H3/t15-/m0/s1. The summed E-state index contributed by atoms with van der Waals surface area (Å²) in [5.74, 6) is 0.750. The summed E-state index contributed by atoms with van der Waals surface area (Å²) < 4.78 is 0. The maximum Gasteiger partial charge on any atom is 0.233 e. The van der Waals surface area contributed by atoms with Crippen molar-refractivity contribution in [2.75, 3.05) is 13.1 Å². The smallest absolute Gasteiger partial charge is 0.233 e. The first kappa shape index (κ1) is 14.9. The SMILES string of the molecule is Cc1cnc([C@H]2CCCN(C(=O)C3(c4ccccc4)CC3)C2)s1. The van der Waals surface area contributed by atoms with Crippen molar-refractivity contribution in [1.82, 2.24) is 9.88 Å². The fraction of sp³-hybridized carbons (Fsp3) is 0.474. The summed E-state index contributed by atoms with van der Waals surface area (Å²) in [6.07, 6.45) is 6.17. The number of hydrogen-bond acceptors (Lipinski definition) is 3. The lowest BCUT2D eigenvalue weighted by Gasteiger charge is -2.34. The minimum absolute atomic E-state index is 0.234. The van der Waals surface area contributed by atoms with Gasteiger partial charge < -0.3 is 4.90 Å². The van der Waals surface area contributed by atoms with E-state index < -0.39 is 0 Å². The third-order valence-electron chi connectivity index (χ3n) is 5.18. The number of piperidine rings is 1. The normalized spacial score (nSPS) is 22.8.